The molecule has 0 saturated heterocycles. The monoisotopic (exact) mass is 302 g/mol. The first-order valence-corrected chi connectivity index (χ1v) is 7.92. The molecule has 0 unspecified atom stereocenters. The Bertz CT molecular complexity index is 710. The maximum Gasteiger partial charge on any atom is 0.136 e. The summed E-state index contributed by atoms with van der Waals surface area (Å²) in [5, 5.41) is 6.62. The van der Waals surface area contributed by atoms with E-state index in [1.165, 1.54) is 10.9 Å². The van der Waals surface area contributed by atoms with Crippen LogP contribution in [0.5, 0.6) is 0 Å². The van der Waals surface area contributed by atoms with Crippen molar-refractivity contribution in [2.24, 2.45) is 0 Å². The molecule has 3 rings (SSSR count). The fraction of sp³-hybridized carbons (Fsp3) is 0.188. The van der Waals surface area contributed by atoms with Crippen LogP contribution in [0.2, 0.25) is 0 Å². The van der Waals surface area contributed by atoms with Crippen LogP contribution in [0.1, 0.15) is 11.1 Å². The van der Waals surface area contributed by atoms with E-state index in [-0.39, 0.29) is 0 Å². The molecule has 0 atom stereocenters. The number of nitrogens with zero attached hydrogens (tertiary/aromatic N) is 2. The highest BCUT2D eigenvalue weighted by molar-refractivity contribution is 7.07. The van der Waals surface area contributed by atoms with Crippen LogP contribution in [0.25, 0.3) is 10.8 Å². The quantitative estimate of drug-likeness (QED) is 0.651. The van der Waals surface area contributed by atoms with Crippen LogP contribution in [0.4, 0.5) is 5.82 Å². The molecule has 0 fully saturated rings. The van der Waals surface area contributed by atoms with Gasteiger partial charge in [-0.2, -0.15) is 11.3 Å². The van der Waals surface area contributed by atoms with Gasteiger partial charge >= 0.3 is 0 Å². The predicted molar refractivity (Wildman–Crippen MR) is 87.7 cm³/mol. The van der Waals surface area contributed by atoms with E-state index in [9.17, 15) is 0 Å². The van der Waals surface area contributed by atoms with E-state index in [0.29, 0.717) is 5.88 Å². The molecule has 1 aromatic carbocycles. The lowest BCUT2D eigenvalue weighted by Crippen LogP contribution is -2.17. The molecule has 0 bridgehead atoms. The summed E-state index contributed by atoms with van der Waals surface area (Å²) in [7, 11) is 2.08. The van der Waals surface area contributed by atoms with Gasteiger partial charge in [-0.15, -0.1) is 11.6 Å². The lowest BCUT2D eigenvalue weighted by Gasteiger charge is -2.20. The SMILES string of the molecule is CN(Cc1ccsc1)c1ncc(CCl)c2ccccc12. The molecule has 0 N–H and O–H groups in total. The third kappa shape index (κ3) is 2.51. The number of anilines is 1. The number of fused-ring (bicyclic) bond motifs is 1. The third-order valence-corrected chi connectivity index (χ3v) is 4.38. The van der Waals surface area contributed by atoms with Crippen molar-refractivity contribution in [3.63, 3.8) is 0 Å². The fourth-order valence-corrected chi connectivity index (χ4v) is 3.25. The van der Waals surface area contributed by atoms with E-state index in [2.05, 4.69) is 45.9 Å². The van der Waals surface area contributed by atoms with Gasteiger partial charge in [-0.1, -0.05) is 24.3 Å². The zero-order valence-electron chi connectivity index (χ0n) is 11.2. The molecule has 0 spiro atoms. The number of benzene rings is 1. The Morgan fingerprint density at radius 2 is 2.00 bits per heavy atom. The van der Waals surface area contributed by atoms with Gasteiger partial charge in [-0.05, 0) is 33.3 Å². The molecule has 20 heavy (non-hydrogen) atoms. The molecular formula is C16H15ClN2S. The van der Waals surface area contributed by atoms with Crippen LogP contribution in [0, 0.1) is 0 Å². The van der Waals surface area contributed by atoms with Crippen LogP contribution < -0.4 is 4.90 Å². The smallest absolute Gasteiger partial charge is 0.136 e. The van der Waals surface area contributed by atoms with Crippen molar-refractivity contribution < 1.29 is 0 Å². The second kappa shape index (κ2) is 5.81. The van der Waals surface area contributed by atoms with Gasteiger partial charge in [0.05, 0.1) is 0 Å². The van der Waals surface area contributed by atoms with Gasteiger partial charge in [0.25, 0.3) is 0 Å². The Hall–Kier alpha value is -1.58. The number of pyridine rings is 1. The highest BCUT2D eigenvalue weighted by Crippen LogP contribution is 2.28. The number of alkyl halides is 1. The number of thiophene rings is 1. The molecule has 0 amide bonds. The summed E-state index contributed by atoms with van der Waals surface area (Å²) in [5.74, 6) is 1.49. The topological polar surface area (TPSA) is 16.1 Å². The van der Waals surface area contributed by atoms with Crippen LogP contribution >= 0.6 is 22.9 Å². The maximum absolute atomic E-state index is 6.00. The molecule has 2 nitrogen and oxygen atoms in total. The van der Waals surface area contributed by atoms with Gasteiger partial charge in [-0.25, -0.2) is 4.98 Å². The first kappa shape index (κ1) is 13.4. The molecule has 3 aromatic rings. The van der Waals surface area contributed by atoms with Crippen molar-refractivity contribution in [3.05, 3.63) is 58.4 Å². The third-order valence-electron chi connectivity index (χ3n) is 3.36. The van der Waals surface area contributed by atoms with Gasteiger partial charge in [0.1, 0.15) is 5.82 Å². The van der Waals surface area contributed by atoms with Gasteiger partial charge in [-0.3, -0.25) is 0 Å². The summed E-state index contributed by atoms with van der Waals surface area (Å²) in [6, 6.07) is 10.5. The van der Waals surface area contributed by atoms with Gasteiger partial charge in [0, 0.05) is 31.1 Å². The lowest BCUT2D eigenvalue weighted by molar-refractivity contribution is 0.907. The highest BCUT2D eigenvalue weighted by Gasteiger charge is 2.11. The molecule has 2 heterocycles. The van der Waals surface area contributed by atoms with Gasteiger partial charge < -0.3 is 4.90 Å². The standard InChI is InChI=1S/C16H15ClN2S/c1-19(10-12-6-7-20-11-12)16-15-5-3-2-4-14(15)13(8-17)9-18-16/h2-7,9,11H,8,10H2,1H3. The minimum Gasteiger partial charge on any atom is -0.355 e. The average molecular weight is 303 g/mol. The van der Waals surface area contributed by atoms with Crippen molar-refractivity contribution in [1.82, 2.24) is 4.98 Å². The number of hydrogen-bond donors (Lipinski definition) is 0. The van der Waals surface area contributed by atoms with Crippen molar-refractivity contribution >= 4 is 39.5 Å². The lowest BCUT2D eigenvalue weighted by atomic mass is 10.1. The Morgan fingerprint density at radius 3 is 2.70 bits per heavy atom. The van der Waals surface area contributed by atoms with Crippen LogP contribution in [0.3, 0.4) is 0 Å². The average Bonchev–Trinajstić information content (AvgIpc) is 2.99. The van der Waals surface area contributed by atoms with E-state index in [0.717, 1.165) is 23.3 Å². The minimum atomic E-state index is 0.488. The first-order chi connectivity index (χ1) is 9.79. The maximum atomic E-state index is 6.00. The summed E-state index contributed by atoms with van der Waals surface area (Å²) < 4.78 is 0. The molecule has 0 radical (unpaired) electrons. The highest BCUT2D eigenvalue weighted by atomic mass is 35.5. The van der Waals surface area contributed by atoms with Crippen molar-refractivity contribution in [1.29, 1.82) is 0 Å². The van der Waals surface area contributed by atoms with E-state index < -0.39 is 0 Å². The second-order valence-electron chi connectivity index (χ2n) is 4.77. The molecule has 0 aliphatic heterocycles. The molecule has 0 aliphatic rings. The molecule has 2 aromatic heterocycles. The van der Waals surface area contributed by atoms with Crippen molar-refractivity contribution in [2.45, 2.75) is 12.4 Å². The van der Waals surface area contributed by atoms with Gasteiger partial charge in [0.15, 0.2) is 0 Å². The molecule has 0 aliphatic carbocycles. The second-order valence-corrected chi connectivity index (χ2v) is 5.82. The summed E-state index contributed by atoms with van der Waals surface area (Å²) in [6.45, 7) is 0.862. The van der Waals surface area contributed by atoms with E-state index in [1.54, 1.807) is 11.3 Å². The minimum absolute atomic E-state index is 0.488. The Balaban J connectivity index is 2.03. The normalized spacial score (nSPS) is 10.9. The molecular weight excluding hydrogens is 288 g/mol. The summed E-state index contributed by atoms with van der Waals surface area (Å²) in [5.41, 5.74) is 2.39. The number of halogens is 1. The number of rotatable bonds is 4. The van der Waals surface area contributed by atoms with Crippen LogP contribution in [-0.2, 0) is 12.4 Å². The molecule has 102 valence electrons. The zero-order valence-corrected chi connectivity index (χ0v) is 12.8. The Morgan fingerprint density at radius 1 is 1.20 bits per heavy atom. The summed E-state index contributed by atoms with van der Waals surface area (Å²) in [4.78, 5) is 6.79. The predicted octanol–water partition coefficient (Wildman–Crippen LogP) is 4.67. The Kier molecular flexibility index (Phi) is 3.90. The molecule has 0 saturated carbocycles. The summed E-state index contributed by atoms with van der Waals surface area (Å²) >= 11 is 7.72. The zero-order chi connectivity index (χ0) is 13.9. The molecule has 4 heteroatoms. The van der Waals surface area contributed by atoms with E-state index in [4.69, 9.17) is 11.6 Å². The van der Waals surface area contributed by atoms with Crippen molar-refractivity contribution in [2.75, 3.05) is 11.9 Å². The summed E-state index contributed by atoms with van der Waals surface area (Å²) in [6.07, 6.45) is 1.88. The van der Waals surface area contributed by atoms with Crippen LogP contribution in [0.15, 0.2) is 47.3 Å². The van der Waals surface area contributed by atoms with E-state index >= 15 is 0 Å². The number of aromatic nitrogens is 1. The van der Waals surface area contributed by atoms with E-state index in [1.807, 2.05) is 18.3 Å². The van der Waals surface area contributed by atoms with Gasteiger partial charge in [0.2, 0.25) is 0 Å². The largest absolute Gasteiger partial charge is 0.355 e. The fourth-order valence-electron chi connectivity index (χ4n) is 2.38. The first-order valence-electron chi connectivity index (χ1n) is 6.44. The Labute approximate surface area is 127 Å². The van der Waals surface area contributed by atoms with Crippen LogP contribution in [-0.4, -0.2) is 12.0 Å². The number of hydrogen-bond acceptors (Lipinski definition) is 3. The van der Waals surface area contributed by atoms with Crippen molar-refractivity contribution in [3.8, 4) is 0 Å².